The minimum atomic E-state index is -0.198. The number of carbonyl (C=O) groups is 1. The molecule has 1 aromatic carbocycles. The van der Waals surface area contributed by atoms with Gasteiger partial charge in [0.25, 0.3) is 5.91 Å². The van der Waals surface area contributed by atoms with E-state index >= 15 is 0 Å². The summed E-state index contributed by atoms with van der Waals surface area (Å²) >= 11 is 3.26. The highest BCUT2D eigenvalue weighted by atomic mass is 32.2. The Bertz CT molecular complexity index is 1170. The van der Waals surface area contributed by atoms with Gasteiger partial charge in [-0.25, -0.2) is 0 Å². The molecule has 1 amide bonds. The van der Waals surface area contributed by atoms with Gasteiger partial charge in [-0.2, -0.15) is 5.10 Å². The smallest absolute Gasteiger partial charge is 0.252 e. The Kier molecular flexibility index (Phi) is 9.83. The maximum atomic E-state index is 12.6. The molecular formula is C27H38N8O2S2. The van der Waals surface area contributed by atoms with Gasteiger partial charge in [-0.05, 0) is 43.9 Å². The first-order valence-electron chi connectivity index (χ1n) is 13.8. The molecule has 2 fully saturated rings. The van der Waals surface area contributed by atoms with Crippen LogP contribution < -0.4 is 10.6 Å². The predicted molar refractivity (Wildman–Crippen MR) is 159 cm³/mol. The zero-order chi connectivity index (χ0) is 27.0. The van der Waals surface area contributed by atoms with Gasteiger partial charge >= 0.3 is 0 Å². The van der Waals surface area contributed by atoms with Crippen LogP contribution in [0, 0.1) is 0 Å². The van der Waals surface area contributed by atoms with Crippen molar-refractivity contribution in [1.29, 1.82) is 0 Å². The van der Waals surface area contributed by atoms with Crippen LogP contribution in [0.5, 0.6) is 0 Å². The summed E-state index contributed by atoms with van der Waals surface area (Å²) in [5, 5.41) is 24.7. The van der Waals surface area contributed by atoms with Crippen LogP contribution in [0.2, 0.25) is 0 Å². The molecular weight excluding hydrogens is 532 g/mol. The van der Waals surface area contributed by atoms with Crippen molar-refractivity contribution in [3.63, 3.8) is 0 Å². The molecule has 0 radical (unpaired) electrons. The summed E-state index contributed by atoms with van der Waals surface area (Å²) in [6.45, 7) is 9.07. The Morgan fingerprint density at radius 3 is 2.90 bits per heavy atom. The lowest BCUT2D eigenvalue weighted by Gasteiger charge is -2.33. The van der Waals surface area contributed by atoms with E-state index in [0.717, 1.165) is 70.7 Å². The molecule has 210 valence electrons. The van der Waals surface area contributed by atoms with E-state index in [0.29, 0.717) is 15.5 Å². The number of benzene rings is 1. The summed E-state index contributed by atoms with van der Waals surface area (Å²) in [6.07, 6.45) is 6.82. The fraction of sp³-hybridized carbons (Fsp3) is 0.593. The predicted octanol–water partition coefficient (Wildman–Crippen LogP) is 4.32. The van der Waals surface area contributed by atoms with Crippen molar-refractivity contribution in [2.24, 2.45) is 10.2 Å². The van der Waals surface area contributed by atoms with Crippen LogP contribution in [-0.4, -0.2) is 88.1 Å². The topological polar surface area (TPSA) is 107 Å². The molecule has 2 saturated heterocycles. The maximum absolute atomic E-state index is 12.6. The molecule has 0 unspecified atom stereocenters. The van der Waals surface area contributed by atoms with Crippen molar-refractivity contribution in [2.75, 3.05) is 43.4 Å². The monoisotopic (exact) mass is 570 g/mol. The highest BCUT2D eigenvalue weighted by Crippen LogP contribution is 2.28. The highest BCUT2D eigenvalue weighted by molar-refractivity contribution is 8.00. The normalized spacial score (nSPS) is 21.8. The van der Waals surface area contributed by atoms with E-state index in [2.05, 4.69) is 78.9 Å². The number of carbonyl (C=O) groups excluding carboxylic acids is 1. The zero-order valence-corrected chi connectivity index (χ0v) is 24.3. The second kappa shape index (κ2) is 13.7. The fourth-order valence-corrected chi connectivity index (χ4v) is 6.82. The third-order valence-corrected chi connectivity index (χ3v) is 8.84. The quantitative estimate of drug-likeness (QED) is 0.407. The number of rotatable bonds is 10. The van der Waals surface area contributed by atoms with Crippen LogP contribution >= 0.6 is 23.1 Å². The van der Waals surface area contributed by atoms with E-state index in [-0.39, 0.29) is 24.7 Å². The number of aromatic nitrogens is 2. The number of thioether (sulfide) groups is 1. The van der Waals surface area contributed by atoms with Gasteiger partial charge in [-0.3, -0.25) is 15.0 Å². The third kappa shape index (κ3) is 8.23. The average Bonchev–Trinajstić information content (AvgIpc) is 3.59. The van der Waals surface area contributed by atoms with E-state index in [1.807, 2.05) is 18.0 Å². The van der Waals surface area contributed by atoms with Crippen molar-refractivity contribution in [2.45, 2.75) is 74.8 Å². The first kappa shape index (κ1) is 28.0. The maximum Gasteiger partial charge on any atom is 0.252 e. The number of hydrogen-bond acceptors (Lipinski definition) is 11. The molecule has 3 aliphatic heterocycles. The minimum Gasteiger partial charge on any atom is -0.367 e. The average molecular weight is 571 g/mol. The van der Waals surface area contributed by atoms with Crippen LogP contribution in [0.3, 0.4) is 0 Å². The van der Waals surface area contributed by atoms with Crippen molar-refractivity contribution in [1.82, 2.24) is 20.0 Å². The van der Waals surface area contributed by atoms with Gasteiger partial charge in [0.2, 0.25) is 10.3 Å². The number of ether oxygens (including phenoxy) is 1. The molecule has 10 nitrogen and oxygen atoms in total. The molecule has 2 atom stereocenters. The molecule has 0 aliphatic carbocycles. The van der Waals surface area contributed by atoms with Crippen LogP contribution in [0.1, 0.15) is 51.5 Å². The summed E-state index contributed by atoms with van der Waals surface area (Å²) in [6, 6.07) is 8.92. The standard InChI is InChI=1S/C27H38N8O2S2/c1-19(2)38-23-9-4-3-7-20(23)15-34-13-6-8-22(17-34)37-18-25(36)30-27-33-32-26(39-27)29-21-11-14-35(16-21)24-10-5-12-28-31-24/h3-4,7,9,12,19,21-22H,5-6,8,10-11,13-18H2,1-2H3,(H,29,32)(H,30,33,36)/t21-,22+/m1/s1. The van der Waals surface area contributed by atoms with Crippen molar-refractivity contribution >= 4 is 51.3 Å². The number of hydrogen-bond donors (Lipinski definition) is 2. The number of piperidine rings is 1. The van der Waals surface area contributed by atoms with E-state index in [4.69, 9.17) is 4.74 Å². The van der Waals surface area contributed by atoms with Gasteiger partial charge in [-0.15, -0.1) is 27.1 Å². The number of nitrogens with one attached hydrogen (secondary N) is 2. The number of anilines is 2. The molecule has 0 spiro atoms. The summed E-state index contributed by atoms with van der Waals surface area (Å²) < 4.78 is 6.02. The van der Waals surface area contributed by atoms with E-state index in [1.54, 1.807) is 0 Å². The molecule has 3 aliphatic rings. The van der Waals surface area contributed by atoms with Crippen LogP contribution in [0.25, 0.3) is 0 Å². The van der Waals surface area contributed by atoms with E-state index in [1.165, 1.54) is 21.8 Å². The van der Waals surface area contributed by atoms with Crippen molar-refractivity contribution < 1.29 is 9.53 Å². The summed E-state index contributed by atoms with van der Waals surface area (Å²) in [5.41, 5.74) is 1.36. The molecule has 12 heteroatoms. The van der Waals surface area contributed by atoms with Gasteiger partial charge in [0.15, 0.2) is 0 Å². The summed E-state index contributed by atoms with van der Waals surface area (Å²) in [7, 11) is 0. The van der Waals surface area contributed by atoms with Crippen molar-refractivity contribution in [3.8, 4) is 0 Å². The fourth-order valence-electron chi connectivity index (χ4n) is 5.14. The number of amidine groups is 1. The van der Waals surface area contributed by atoms with Crippen LogP contribution in [-0.2, 0) is 16.1 Å². The Labute approximate surface area is 238 Å². The number of nitrogens with zero attached hydrogens (tertiary/aromatic N) is 6. The Morgan fingerprint density at radius 1 is 1.18 bits per heavy atom. The molecule has 5 rings (SSSR count). The Balaban J connectivity index is 1.04. The zero-order valence-electron chi connectivity index (χ0n) is 22.7. The molecule has 1 aromatic heterocycles. The van der Waals surface area contributed by atoms with Gasteiger partial charge in [0.05, 0.1) is 6.10 Å². The van der Waals surface area contributed by atoms with Gasteiger partial charge in [-0.1, -0.05) is 43.4 Å². The van der Waals surface area contributed by atoms with Gasteiger partial charge < -0.3 is 15.0 Å². The third-order valence-electron chi connectivity index (χ3n) is 6.95. The number of amides is 1. The lowest BCUT2D eigenvalue weighted by molar-refractivity contribution is -0.123. The largest absolute Gasteiger partial charge is 0.367 e. The molecule has 2 aromatic rings. The lowest BCUT2D eigenvalue weighted by atomic mass is 10.1. The molecule has 4 heterocycles. The number of likely N-dealkylation sites (tertiary alicyclic amines) is 2. The molecule has 0 bridgehead atoms. The van der Waals surface area contributed by atoms with E-state index < -0.39 is 0 Å². The van der Waals surface area contributed by atoms with Crippen molar-refractivity contribution in [3.05, 3.63) is 29.8 Å². The Hall–Kier alpha value is -2.54. The van der Waals surface area contributed by atoms with Crippen LogP contribution in [0.15, 0.2) is 39.4 Å². The first-order valence-corrected chi connectivity index (χ1v) is 15.5. The van der Waals surface area contributed by atoms with Gasteiger partial charge in [0, 0.05) is 55.0 Å². The highest BCUT2D eigenvalue weighted by Gasteiger charge is 2.26. The second-order valence-corrected chi connectivity index (χ2v) is 13.1. The van der Waals surface area contributed by atoms with Gasteiger partial charge in [0.1, 0.15) is 12.4 Å². The summed E-state index contributed by atoms with van der Waals surface area (Å²) in [5.74, 6) is 0.861. The summed E-state index contributed by atoms with van der Waals surface area (Å²) in [4.78, 5) is 18.6. The molecule has 2 N–H and O–H groups in total. The van der Waals surface area contributed by atoms with Crippen LogP contribution in [0.4, 0.5) is 10.3 Å². The van der Waals surface area contributed by atoms with E-state index in [9.17, 15) is 4.79 Å². The molecule has 0 saturated carbocycles. The first-order chi connectivity index (χ1) is 19.0. The molecule has 39 heavy (non-hydrogen) atoms. The Morgan fingerprint density at radius 2 is 2.05 bits per heavy atom. The second-order valence-electron chi connectivity index (χ2n) is 10.5. The minimum absolute atomic E-state index is 0.0167. The lowest BCUT2D eigenvalue weighted by Crippen LogP contribution is -2.40. The SMILES string of the molecule is CC(C)Sc1ccccc1CN1CCC[C@H](OCC(=O)Nc2nnc(N[C@@H]3CCN(C4=NN=CCC4)C3)s2)C1.